The number of para-hydroxylation sites is 2. The van der Waals surface area contributed by atoms with Crippen LogP contribution in [0.3, 0.4) is 0 Å². The van der Waals surface area contributed by atoms with Gasteiger partial charge in [-0.2, -0.15) is 5.10 Å². The smallest absolute Gasteiger partial charge is 0.154 e. The molecule has 7 heteroatoms. The molecule has 2 heterocycles. The first-order chi connectivity index (χ1) is 12.8. The van der Waals surface area contributed by atoms with Gasteiger partial charge in [0.1, 0.15) is 17.3 Å². The Balaban J connectivity index is 0.00000210. The maximum absolute atomic E-state index is 6.12. The van der Waals surface area contributed by atoms with Crippen molar-refractivity contribution in [3.8, 4) is 11.4 Å². The summed E-state index contributed by atoms with van der Waals surface area (Å²) in [6.45, 7) is 1.59. The van der Waals surface area contributed by atoms with Crippen molar-refractivity contribution in [3.05, 3.63) is 35.9 Å². The van der Waals surface area contributed by atoms with Crippen LogP contribution < -0.4 is 10.5 Å². The molecular formula is C20H29ClN4O2. The molecule has 1 aromatic carbocycles. The quantitative estimate of drug-likeness (QED) is 0.860. The largest absolute Gasteiger partial charge is 0.494 e. The van der Waals surface area contributed by atoms with E-state index >= 15 is 0 Å². The molecule has 1 aliphatic heterocycles. The summed E-state index contributed by atoms with van der Waals surface area (Å²) < 4.78 is 13.1. The molecule has 148 valence electrons. The van der Waals surface area contributed by atoms with E-state index in [0.29, 0.717) is 17.9 Å². The van der Waals surface area contributed by atoms with Gasteiger partial charge in [-0.3, -0.25) is 0 Å². The van der Waals surface area contributed by atoms with Gasteiger partial charge in [0.15, 0.2) is 5.82 Å². The number of hydrogen-bond donors (Lipinski definition) is 1. The molecule has 0 unspecified atom stereocenters. The van der Waals surface area contributed by atoms with Crippen molar-refractivity contribution in [2.45, 2.75) is 56.4 Å². The number of ether oxygens (including phenoxy) is 2. The number of rotatable bonds is 4. The fraction of sp³-hybridized carbons (Fsp3) is 0.600. The van der Waals surface area contributed by atoms with Crippen molar-refractivity contribution < 1.29 is 9.47 Å². The second kappa shape index (κ2) is 9.04. The molecule has 27 heavy (non-hydrogen) atoms. The molecule has 2 N–H and O–H groups in total. The van der Waals surface area contributed by atoms with Crippen molar-refractivity contribution in [1.82, 2.24) is 14.8 Å². The molecule has 0 atom stereocenters. The molecule has 2 aromatic rings. The Labute approximate surface area is 166 Å². The van der Waals surface area contributed by atoms with Crippen molar-refractivity contribution in [2.24, 2.45) is 5.73 Å². The van der Waals surface area contributed by atoms with Crippen LogP contribution >= 0.6 is 12.4 Å². The van der Waals surface area contributed by atoms with Crippen LogP contribution in [0.1, 0.15) is 62.0 Å². The third-order valence-electron chi connectivity index (χ3n) is 5.69. The number of nitrogens with zero attached hydrogens (tertiary/aromatic N) is 3. The lowest BCUT2D eigenvalue weighted by molar-refractivity contribution is 0.0836. The second-order valence-corrected chi connectivity index (χ2v) is 7.41. The van der Waals surface area contributed by atoms with Crippen molar-refractivity contribution in [1.29, 1.82) is 0 Å². The van der Waals surface area contributed by atoms with Gasteiger partial charge in [0.2, 0.25) is 0 Å². The maximum Gasteiger partial charge on any atom is 0.154 e. The average molecular weight is 393 g/mol. The minimum absolute atomic E-state index is 0. The Bertz CT molecular complexity index is 737. The van der Waals surface area contributed by atoms with Crippen molar-refractivity contribution in [3.63, 3.8) is 0 Å². The first-order valence-corrected chi connectivity index (χ1v) is 9.70. The van der Waals surface area contributed by atoms with E-state index < -0.39 is 0 Å². The fourth-order valence-corrected chi connectivity index (χ4v) is 4.09. The minimum Gasteiger partial charge on any atom is -0.494 e. The summed E-state index contributed by atoms with van der Waals surface area (Å²) in [6.07, 6.45) is 6.23. The zero-order valence-electron chi connectivity index (χ0n) is 15.8. The molecule has 1 saturated heterocycles. The predicted octanol–water partition coefficient (Wildman–Crippen LogP) is 3.58. The van der Waals surface area contributed by atoms with Gasteiger partial charge in [0.25, 0.3) is 0 Å². The summed E-state index contributed by atoms with van der Waals surface area (Å²) >= 11 is 0. The minimum atomic E-state index is 0. The lowest BCUT2D eigenvalue weighted by Crippen LogP contribution is -2.26. The lowest BCUT2D eigenvalue weighted by Gasteiger charge is -2.25. The Hall–Kier alpha value is -1.63. The van der Waals surface area contributed by atoms with Crippen LogP contribution in [0.4, 0.5) is 0 Å². The van der Waals surface area contributed by atoms with Crippen LogP contribution in [-0.4, -0.2) is 41.1 Å². The van der Waals surface area contributed by atoms with Gasteiger partial charge in [0.05, 0.1) is 7.11 Å². The third kappa shape index (κ3) is 4.28. The summed E-state index contributed by atoms with van der Waals surface area (Å²) in [5.41, 5.74) is 7.08. The van der Waals surface area contributed by atoms with Crippen LogP contribution in [0, 0.1) is 0 Å². The first kappa shape index (κ1) is 20.1. The normalized spacial score (nSPS) is 23.6. The van der Waals surface area contributed by atoms with E-state index in [9.17, 15) is 0 Å². The number of hydrogen-bond acceptors (Lipinski definition) is 5. The van der Waals surface area contributed by atoms with Crippen LogP contribution in [0.5, 0.6) is 5.75 Å². The van der Waals surface area contributed by atoms with Gasteiger partial charge in [-0.1, -0.05) is 12.1 Å². The Kier molecular flexibility index (Phi) is 6.73. The number of aromatic nitrogens is 3. The van der Waals surface area contributed by atoms with Gasteiger partial charge in [-0.05, 0) is 50.7 Å². The Morgan fingerprint density at radius 3 is 2.44 bits per heavy atom. The van der Waals surface area contributed by atoms with Crippen LogP contribution in [0.15, 0.2) is 24.3 Å². The summed E-state index contributed by atoms with van der Waals surface area (Å²) in [5, 5.41) is 4.95. The number of methoxy groups -OCH3 is 1. The topological polar surface area (TPSA) is 75.2 Å². The van der Waals surface area contributed by atoms with Gasteiger partial charge in [-0.15, -0.1) is 12.4 Å². The van der Waals surface area contributed by atoms with E-state index in [4.69, 9.17) is 25.3 Å². The molecule has 1 aromatic heterocycles. The van der Waals surface area contributed by atoms with E-state index in [-0.39, 0.29) is 12.4 Å². The molecule has 0 bridgehead atoms. The first-order valence-electron chi connectivity index (χ1n) is 9.70. The highest BCUT2D eigenvalue weighted by molar-refractivity contribution is 5.85. The molecule has 6 nitrogen and oxygen atoms in total. The highest BCUT2D eigenvalue weighted by Gasteiger charge is 2.29. The third-order valence-corrected chi connectivity index (χ3v) is 5.69. The maximum atomic E-state index is 6.12. The lowest BCUT2D eigenvalue weighted by atomic mass is 9.86. The number of benzene rings is 1. The van der Waals surface area contributed by atoms with Crippen LogP contribution in [-0.2, 0) is 4.74 Å². The molecular weight excluding hydrogens is 364 g/mol. The zero-order valence-corrected chi connectivity index (χ0v) is 16.7. The molecule has 0 spiro atoms. The van der Waals surface area contributed by atoms with Crippen molar-refractivity contribution in [2.75, 3.05) is 20.3 Å². The average Bonchev–Trinajstić information content (AvgIpc) is 3.14. The molecule has 4 rings (SSSR count). The Morgan fingerprint density at radius 2 is 1.74 bits per heavy atom. The van der Waals surface area contributed by atoms with E-state index in [1.165, 1.54) is 0 Å². The van der Waals surface area contributed by atoms with Gasteiger partial charge >= 0.3 is 0 Å². The van der Waals surface area contributed by atoms with E-state index in [1.54, 1.807) is 7.11 Å². The van der Waals surface area contributed by atoms with E-state index in [2.05, 4.69) is 6.07 Å². The van der Waals surface area contributed by atoms with E-state index in [0.717, 1.165) is 74.8 Å². The highest BCUT2D eigenvalue weighted by Crippen LogP contribution is 2.35. The zero-order chi connectivity index (χ0) is 17.9. The summed E-state index contributed by atoms with van der Waals surface area (Å²) in [4.78, 5) is 5.03. The standard InChI is InChI=1S/C20H28N4O2.ClH/c1-25-18-5-3-2-4-17(18)24-20(15-6-8-16(21)9-7-15)22-19(23-24)14-10-12-26-13-11-14;/h2-5,14-16H,6-13,21H2,1H3;1H. The summed E-state index contributed by atoms with van der Waals surface area (Å²) in [5.74, 6) is 3.61. The molecule has 2 fully saturated rings. The summed E-state index contributed by atoms with van der Waals surface area (Å²) in [6, 6.07) is 8.36. The van der Waals surface area contributed by atoms with Gasteiger partial charge in [0, 0.05) is 31.1 Å². The van der Waals surface area contributed by atoms with E-state index in [1.807, 2.05) is 22.9 Å². The number of nitrogens with two attached hydrogens (primary N) is 1. The molecule has 0 radical (unpaired) electrons. The summed E-state index contributed by atoms with van der Waals surface area (Å²) in [7, 11) is 1.70. The van der Waals surface area contributed by atoms with Crippen LogP contribution in [0.25, 0.3) is 5.69 Å². The van der Waals surface area contributed by atoms with Crippen molar-refractivity contribution >= 4 is 12.4 Å². The second-order valence-electron chi connectivity index (χ2n) is 7.41. The monoisotopic (exact) mass is 392 g/mol. The Morgan fingerprint density at radius 1 is 1.04 bits per heavy atom. The molecule has 0 amide bonds. The SMILES string of the molecule is COc1ccccc1-n1nc(C2CCOCC2)nc1C1CCC(N)CC1.Cl. The van der Waals surface area contributed by atoms with Gasteiger partial charge < -0.3 is 15.2 Å². The predicted molar refractivity (Wildman–Crippen MR) is 107 cm³/mol. The molecule has 1 saturated carbocycles. The molecule has 2 aliphatic rings. The molecule has 1 aliphatic carbocycles. The van der Waals surface area contributed by atoms with Crippen LogP contribution in [0.2, 0.25) is 0 Å². The highest BCUT2D eigenvalue weighted by atomic mass is 35.5. The fourth-order valence-electron chi connectivity index (χ4n) is 4.09. The number of halogens is 1. The van der Waals surface area contributed by atoms with Gasteiger partial charge in [-0.25, -0.2) is 9.67 Å².